The molecule has 0 radical (unpaired) electrons. The molecule has 1 heterocycles. The predicted octanol–water partition coefficient (Wildman–Crippen LogP) is 5.01. The van der Waals surface area contributed by atoms with Gasteiger partial charge in [-0.15, -0.1) is 0 Å². The zero-order valence-electron chi connectivity index (χ0n) is 11.1. The van der Waals surface area contributed by atoms with E-state index in [0.717, 1.165) is 11.3 Å². The summed E-state index contributed by atoms with van der Waals surface area (Å²) in [5.41, 5.74) is 4.84. The monoisotopic (exact) mass is 258 g/mol. The van der Waals surface area contributed by atoms with Crippen LogP contribution in [0.5, 0.6) is 0 Å². The zero-order valence-corrected chi connectivity index (χ0v) is 11.1. The minimum Gasteiger partial charge on any atom is -0.489 e. The van der Waals surface area contributed by atoms with E-state index in [1.165, 1.54) is 27.5 Å². The van der Waals surface area contributed by atoms with Crippen molar-refractivity contribution in [3.8, 4) is 11.1 Å². The van der Waals surface area contributed by atoms with Gasteiger partial charge in [0.2, 0.25) is 0 Å². The predicted molar refractivity (Wildman–Crippen MR) is 83.2 cm³/mol. The third-order valence-corrected chi connectivity index (χ3v) is 3.87. The Labute approximate surface area is 118 Å². The van der Waals surface area contributed by atoms with E-state index in [-0.39, 0.29) is 0 Å². The summed E-state index contributed by atoms with van der Waals surface area (Å²) in [6.07, 6.45) is 0. The van der Waals surface area contributed by atoms with Crippen molar-refractivity contribution in [2.24, 2.45) is 0 Å². The third kappa shape index (κ3) is 1.56. The largest absolute Gasteiger partial charge is 0.489 e. The highest BCUT2D eigenvalue weighted by Gasteiger charge is 2.22. The summed E-state index contributed by atoms with van der Waals surface area (Å²) in [4.78, 5) is 0. The fourth-order valence-electron chi connectivity index (χ4n) is 2.98. The second-order valence-electron chi connectivity index (χ2n) is 5.08. The summed E-state index contributed by atoms with van der Waals surface area (Å²) in [5, 5.41) is 2.51. The molecule has 20 heavy (non-hydrogen) atoms. The van der Waals surface area contributed by atoms with Crippen molar-refractivity contribution in [1.29, 1.82) is 0 Å². The van der Waals surface area contributed by atoms with Crippen LogP contribution in [-0.4, -0.2) is 0 Å². The lowest BCUT2D eigenvalue weighted by atomic mass is 9.90. The molecule has 1 heteroatoms. The van der Waals surface area contributed by atoms with Crippen molar-refractivity contribution in [2.45, 2.75) is 6.61 Å². The normalized spacial score (nSPS) is 13.3. The highest BCUT2D eigenvalue weighted by Crippen LogP contribution is 2.41. The molecule has 3 aromatic carbocycles. The van der Waals surface area contributed by atoms with E-state index in [1.54, 1.807) is 0 Å². The fraction of sp³-hybridized carbons (Fsp3) is 0.0526. The van der Waals surface area contributed by atoms with E-state index in [4.69, 9.17) is 4.74 Å². The van der Waals surface area contributed by atoms with Crippen LogP contribution >= 0.6 is 0 Å². The summed E-state index contributed by atoms with van der Waals surface area (Å²) in [6.45, 7) is 4.69. The average molecular weight is 258 g/mol. The summed E-state index contributed by atoms with van der Waals surface area (Å²) in [7, 11) is 0. The number of benzene rings is 3. The molecule has 0 saturated heterocycles. The number of rotatable bonds is 1. The Kier molecular flexibility index (Phi) is 2.40. The lowest BCUT2D eigenvalue weighted by Crippen LogP contribution is -1.90. The molecule has 0 atom stereocenters. The standard InChI is InChI=1S/C19H14O/c1-13-18-16(12-20-13)11-15-9-5-6-10-17(15)19(18)14-7-3-2-4-8-14/h2-11H,1,12H2. The van der Waals surface area contributed by atoms with Crippen LogP contribution in [0, 0.1) is 0 Å². The van der Waals surface area contributed by atoms with E-state index < -0.39 is 0 Å². The summed E-state index contributed by atoms with van der Waals surface area (Å²) in [6, 6.07) is 21.2. The van der Waals surface area contributed by atoms with E-state index in [9.17, 15) is 0 Å². The SMILES string of the molecule is C=C1OCc2cc3ccccc3c(-c3ccccc3)c21. The Morgan fingerprint density at radius 2 is 1.60 bits per heavy atom. The van der Waals surface area contributed by atoms with Crippen molar-refractivity contribution in [1.82, 2.24) is 0 Å². The van der Waals surface area contributed by atoms with Gasteiger partial charge in [-0.05, 0) is 22.4 Å². The van der Waals surface area contributed by atoms with E-state index in [1.807, 2.05) is 6.07 Å². The first-order valence-corrected chi connectivity index (χ1v) is 6.77. The Bertz CT molecular complexity index is 816. The van der Waals surface area contributed by atoms with Crippen LogP contribution in [0.3, 0.4) is 0 Å². The Hall–Kier alpha value is -2.54. The van der Waals surface area contributed by atoms with Gasteiger partial charge in [-0.2, -0.15) is 0 Å². The van der Waals surface area contributed by atoms with Gasteiger partial charge in [0, 0.05) is 16.7 Å². The summed E-state index contributed by atoms with van der Waals surface area (Å²) >= 11 is 0. The number of hydrogen-bond donors (Lipinski definition) is 0. The van der Waals surface area contributed by atoms with Gasteiger partial charge < -0.3 is 4.74 Å². The molecule has 0 saturated carbocycles. The van der Waals surface area contributed by atoms with Crippen LogP contribution in [0.25, 0.3) is 27.7 Å². The van der Waals surface area contributed by atoms with Gasteiger partial charge in [-0.25, -0.2) is 0 Å². The Balaban J connectivity index is 2.17. The van der Waals surface area contributed by atoms with E-state index in [2.05, 4.69) is 61.2 Å². The van der Waals surface area contributed by atoms with Gasteiger partial charge in [0.05, 0.1) is 0 Å². The summed E-state index contributed by atoms with van der Waals surface area (Å²) in [5.74, 6) is 0.782. The van der Waals surface area contributed by atoms with Crippen molar-refractivity contribution in [3.63, 3.8) is 0 Å². The van der Waals surface area contributed by atoms with Gasteiger partial charge in [-0.3, -0.25) is 0 Å². The minimum absolute atomic E-state index is 0.624. The molecule has 3 aromatic rings. The number of hydrogen-bond acceptors (Lipinski definition) is 1. The average Bonchev–Trinajstić information content (AvgIpc) is 2.87. The van der Waals surface area contributed by atoms with Crippen LogP contribution < -0.4 is 0 Å². The molecule has 96 valence electrons. The topological polar surface area (TPSA) is 9.23 Å². The van der Waals surface area contributed by atoms with E-state index >= 15 is 0 Å². The third-order valence-electron chi connectivity index (χ3n) is 3.87. The van der Waals surface area contributed by atoms with Crippen LogP contribution in [0.4, 0.5) is 0 Å². The molecule has 1 aliphatic rings. The van der Waals surface area contributed by atoms with Gasteiger partial charge >= 0.3 is 0 Å². The molecule has 0 amide bonds. The lowest BCUT2D eigenvalue weighted by molar-refractivity contribution is 0.286. The second kappa shape index (κ2) is 4.24. The zero-order chi connectivity index (χ0) is 13.5. The molecular formula is C19H14O. The Morgan fingerprint density at radius 3 is 2.45 bits per heavy atom. The van der Waals surface area contributed by atoms with Crippen molar-refractivity contribution in [2.75, 3.05) is 0 Å². The highest BCUT2D eigenvalue weighted by molar-refractivity contribution is 6.03. The molecule has 4 rings (SSSR count). The van der Waals surface area contributed by atoms with Crippen LogP contribution in [-0.2, 0) is 11.3 Å². The lowest BCUT2D eigenvalue weighted by Gasteiger charge is -2.12. The molecule has 1 nitrogen and oxygen atoms in total. The second-order valence-corrected chi connectivity index (χ2v) is 5.08. The molecule has 0 fully saturated rings. The molecule has 0 aromatic heterocycles. The molecule has 0 aliphatic carbocycles. The molecule has 0 N–H and O–H groups in total. The smallest absolute Gasteiger partial charge is 0.120 e. The fourth-order valence-corrected chi connectivity index (χ4v) is 2.98. The van der Waals surface area contributed by atoms with Crippen LogP contribution in [0.2, 0.25) is 0 Å². The van der Waals surface area contributed by atoms with Gasteiger partial charge in [0.1, 0.15) is 12.4 Å². The molecule has 0 spiro atoms. The molecule has 0 unspecified atom stereocenters. The number of ether oxygens (including phenoxy) is 1. The maximum atomic E-state index is 5.66. The van der Waals surface area contributed by atoms with Crippen molar-refractivity contribution < 1.29 is 4.74 Å². The Morgan fingerprint density at radius 1 is 0.850 bits per heavy atom. The quantitative estimate of drug-likeness (QED) is 0.596. The minimum atomic E-state index is 0.624. The van der Waals surface area contributed by atoms with Crippen molar-refractivity contribution >= 4 is 16.5 Å². The maximum absolute atomic E-state index is 5.66. The highest BCUT2D eigenvalue weighted by atomic mass is 16.5. The summed E-state index contributed by atoms with van der Waals surface area (Å²) < 4.78 is 5.66. The van der Waals surface area contributed by atoms with Crippen LogP contribution in [0.15, 0.2) is 67.2 Å². The van der Waals surface area contributed by atoms with Crippen LogP contribution in [0.1, 0.15) is 11.1 Å². The first-order chi connectivity index (χ1) is 9.84. The van der Waals surface area contributed by atoms with E-state index in [0.29, 0.717) is 6.61 Å². The molecule has 1 aliphatic heterocycles. The first-order valence-electron chi connectivity index (χ1n) is 6.77. The first kappa shape index (κ1) is 11.3. The van der Waals surface area contributed by atoms with Gasteiger partial charge in [-0.1, -0.05) is 61.2 Å². The van der Waals surface area contributed by atoms with Gasteiger partial charge in [0.15, 0.2) is 0 Å². The maximum Gasteiger partial charge on any atom is 0.120 e. The number of fused-ring (bicyclic) bond motifs is 2. The molecular weight excluding hydrogens is 244 g/mol. The molecule has 0 bridgehead atoms. The van der Waals surface area contributed by atoms with Crippen molar-refractivity contribution in [3.05, 3.63) is 78.4 Å². The van der Waals surface area contributed by atoms with Gasteiger partial charge in [0.25, 0.3) is 0 Å².